The van der Waals surface area contributed by atoms with Gasteiger partial charge in [0.05, 0.1) is 15.7 Å². The van der Waals surface area contributed by atoms with Crippen LogP contribution >= 0.6 is 34.8 Å². The molecule has 0 aromatic heterocycles. The molecule has 0 aliphatic heterocycles. The van der Waals surface area contributed by atoms with Crippen LogP contribution in [0.5, 0.6) is 5.75 Å². The van der Waals surface area contributed by atoms with Gasteiger partial charge in [-0.15, -0.1) is 0 Å². The van der Waals surface area contributed by atoms with Crippen LogP contribution in [0, 0.1) is 13.8 Å². The predicted molar refractivity (Wildman–Crippen MR) is 119 cm³/mol. The quantitative estimate of drug-likeness (QED) is 0.306. The first-order valence-electron chi connectivity index (χ1n) is 8.47. The van der Waals surface area contributed by atoms with Crippen molar-refractivity contribution < 1.29 is 12.6 Å². The Bertz CT molecular complexity index is 1170. The standard InChI is InChI=1S/C21H16Cl3NO3S/c1-13-6-8-16(9-7-13)29(26,27)28-21-18(23)10-15(11-19(21)24)12-25-20-5-3-4-17(22)14(20)2/h3-12H,1-2H3. The molecule has 0 N–H and O–H groups in total. The molecule has 0 saturated carbocycles. The molecule has 8 heteroatoms. The lowest BCUT2D eigenvalue weighted by molar-refractivity contribution is 0.486. The van der Waals surface area contributed by atoms with E-state index in [0.29, 0.717) is 16.3 Å². The van der Waals surface area contributed by atoms with Crippen LogP contribution in [0.1, 0.15) is 16.7 Å². The van der Waals surface area contributed by atoms with E-state index in [0.717, 1.165) is 11.1 Å². The SMILES string of the molecule is Cc1ccc(S(=O)(=O)Oc2c(Cl)cc(C=Nc3cccc(Cl)c3C)cc2Cl)cc1. The van der Waals surface area contributed by atoms with Crippen molar-refractivity contribution in [2.45, 2.75) is 18.7 Å². The average molecular weight is 469 g/mol. The second kappa shape index (κ2) is 8.76. The Morgan fingerprint density at radius 3 is 2.14 bits per heavy atom. The second-order valence-corrected chi connectivity index (χ2v) is 9.07. The lowest BCUT2D eigenvalue weighted by Gasteiger charge is -2.11. The Balaban J connectivity index is 1.89. The Morgan fingerprint density at radius 1 is 0.897 bits per heavy atom. The van der Waals surface area contributed by atoms with E-state index in [4.69, 9.17) is 39.0 Å². The number of nitrogens with zero attached hydrogens (tertiary/aromatic N) is 1. The highest BCUT2D eigenvalue weighted by Crippen LogP contribution is 2.36. The zero-order chi connectivity index (χ0) is 21.2. The average Bonchev–Trinajstić information content (AvgIpc) is 2.66. The van der Waals surface area contributed by atoms with Gasteiger partial charge in [0.15, 0.2) is 5.75 Å². The minimum Gasteiger partial charge on any atom is -0.376 e. The van der Waals surface area contributed by atoms with Crippen LogP contribution in [0.2, 0.25) is 15.1 Å². The van der Waals surface area contributed by atoms with Gasteiger partial charge in [-0.3, -0.25) is 4.99 Å². The molecule has 0 amide bonds. The van der Waals surface area contributed by atoms with Crippen molar-refractivity contribution in [2.75, 3.05) is 0 Å². The number of halogens is 3. The maximum Gasteiger partial charge on any atom is 0.339 e. The van der Waals surface area contributed by atoms with E-state index in [1.165, 1.54) is 24.3 Å². The molecule has 150 valence electrons. The summed E-state index contributed by atoms with van der Waals surface area (Å²) in [6.07, 6.45) is 1.56. The van der Waals surface area contributed by atoms with Crippen molar-refractivity contribution in [3.8, 4) is 5.75 Å². The summed E-state index contributed by atoms with van der Waals surface area (Å²) < 4.78 is 30.2. The van der Waals surface area contributed by atoms with Gasteiger partial charge in [-0.25, -0.2) is 0 Å². The molecule has 29 heavy (non-hydrogen) atoms. The Morgan fingerprint density at radius 2 is 1.52 bits per heavy atom. The molecule has 4 nitrogen and oxygen atoms in total. The lowest BCUT2D eigenvalue weighted by atomic mass is 10.2. The van der Waals surface area contributed by atoms with Crippen LogP contribution in [0.4, 0.5) is 5.69 Å². The molecule has 3 aromatic rings. The number of aryl methyl sites for hydroxylation is 1. The third kappa shape index (κ3) is 5.11. The van der Waals surface area contributed by atoms with Gasteiger partial charge in [0.2, 0.25) is 0 Å². The van der Waals surface area contributed by atoms with Crippen molar-refractivity contribution in [1.29, 1.82) is 0 Å². The summed E-state index contributed by atoms with van der Waals surface area (Å²) in [6, 6.07) is 14.7. The zero-order valence-electron chi connectivity index (χ0n) is 15.5. The number of hydrogen-bond donors (Lipinski definition) is 0. The number of hydrogen-bond acceptors (Lipinski definition) is 4. The van der Waals surface area contributed by atoms with E-state index in [2.05, 4.69) is 4.99 Å². The molecule has 0 radical (unpaired) electrons. The van der Waals surface area contributed by atoms with Crippen LogP contribution in [0.3, 0.4) is 0 Å². The summed E-state index contributed by atoms with van der Waals surface area (Å²) >= 11 is 18.6. The van der Waals surface area contributed by atoms with Crippen molar-refractivity contribution in [2.24, 2.45) is 4.99 Å². The third-order valence-corrected chi connectivity index (χ3v) is 6.32. The predicted octanol–water partition coefficient (Wildman–Crippen LogP) is 6.78. The largest absolute Gasteiger partial charge is 0.376 e. The summed E-state index contributed by atoms with van der Waals surface area (Å²) in [4.78, 5) is 4.40. The molecule has 0 bridgehead atoms. The topological polar surface area (TPSA) is 55.7 Å². The Labute approximate surface area is 184 Å². The smallest absolute Gasteiger partial charge is 0.339 e. The summed E-state index contributed by atoms with van der Waals surface area (Å²) in [6.45, 7) is 3.72. The van der Waals surface area contributed by atoms with Gasteiger partial charge in [0.25, 0.3) is 0 Å². The van der Waals surface area contributed by atoms with Gasteiger partial charge in [0.1, 0.15) is 4.90 Å². The molecule has 0 spiro atoms. The normalized spacial score (nSPS) is 11.8. The lowest BCUT2D eigenvalue weighted by Crippen LogP contribution is -2.10. The summed E-state index contributed by atoms with van der Waals surface area (Å²) in [5, 5.41) is 0.718. The molecule has 0 aliphatic carbocycles. The fourth-order valence-electron chi connectivity index (χ4n) is 2.48. The van der Waals surface area contributed by atoms with E-state index in [-0.39, 0.29) is 20.7 Å². The maximum atomic E-state index is 12.5. The van der Waals surface area contributed by atoms with Gasteiger partial charge in [-0.1, -0.05) is 58.6 Å². The fraction of sp³-hybridized carbons (Fsp3) is 0.0952. The van der Waals surface area contributed by atoms with Crippen LogP contribution in [0.15, 0.2) is 64.5 Å². The van der Waals surface area contributed by atoms with E-state index in [1.54, 1.807) is 30.5 Å². The van der Waals surface area contributed by atoms with Crippen molar-refractivity contribution in [3.05, 3.63) is 86.4 Å². The molecule has 3 aromatic carbocycles. The maximum absolute atomic E-state index is 12.5. The van der Waals surface area contributed by atoms with Crippen LogP contribution in [-0.4, -0.2) is 14.6 Å². The first-order valence-corrected chi connectivity index (χ1v) is 11.0. The van der Waals surface area contributed by atoms with Crippen molar-refractivity contribution >= 4 is 56.8 Å². The minimum absolute atomic E-state index is 0.0114. The first kappa shape index (κ1) is 21.7. The highest BCUT2D eigenvalue weighted by atomic mass is 35.5. The van der Waals surface area contributed by atoms with Gasteiger partial charge in [0, 0.05) is 11.2 Å². The van der Waals surface area contributed by atoms with Gasteiger partial charge in [-0.2, -0.15) is 8.42 Å². The van der Waals surface area contributed by atoms with E-state index in [1.807, 2.05) is 19.9 Å². The zero-order valence-corrected chi connectivity index (χ0v) is 18.6. The molecular weight excluding hydrogens is 453 g/mol. The monoisotopic (exact) mass is 467 g/mol. The molecule has 0 atom stereocenters. The van der Waals surface area contributed by atoms with E-state index in [9.17, 15) is 8.42 Å². The molecular formula is C21H16Cl3NO3S. The number of aliphatic imine (C=N–C) groups is 1. The highest BCUT2D eigenvalue weighted by Gasteiger charge is 2.21. The van der Waals surface area contributed by atoms with Crippen molar-refractivity contribution in [1.82, 2.24) is 0 Å². The third-order valence-electron chi connectivity index (χ3n) is 4.12. The molecule has 0 saturated heterocycles. The van der Waals surface area contributed by atoms with Crippen LogP contribution < -0.4 is 4.18 Å². The molecule has 0 aliphatic rings. The molecule has 0 fully saturated rings. The minimum atomic E-state index is -4.07. The van der Waals surface area contributed by atoms with Gasteiger partial charge >= 0.3 is 10.1 Å². The molecule has 0 unspecified atom stereocenters. The van der Waals surface area contributed by atoms with Crippen LogP contribution in [0.25, 0.3) is 0 Å². The first-order chi connectivity index (χ1) is 13.7. The molecule has 3 rings (SSSR count). The second-order valence-electron chi connectivity index (χ2n) is 6.31. The van der Waals surface area contributed by atoms with Crippen molar-refractivity contribution in [3.63, 3.8) is 0 Å². The Kier molecular flexibility index (Phi) is 6.54. The van der Waals surface area contributed by atoms with E-state index >= 15 is 0 Å². The summed E-state index contributed by atoms with van der Waals surface area (Å²) in [7, 11) is -4.07. The molecule has 0 heterocycles. The summed E-state index contributed by atoms with van der Waals surface area (Å²) in [5.74, 6) is -0.134. The number of benzene rings is 3. The van der Waals surface area contributed by atoms with Crippen LogP contribution in [-0.2, 0) is 10.1 Å². The summed E-state index contributed by atoms with van der Waals surface area (Å²) in [5.41, 5.74) is 3.05. The highest BCUT2D eigenvalue weighted by molar-refractivity contribution is 7.87. The van der Waals surface area contributed by atoms with Gasteiger partial charge in [-0.05, 0) is 61.4 Å². The fourth-order valence-corrected chi connectivity index (χ4v) is 4.28. The Hall–Kier alpha value is -2.05. The number of rotatable bonds is 5. The van der Waals surface area contributed by atoms with Gasteiger partial charge < -0.3 is 4.18 Å². The van der Waals surface area contributed by atoms with E-state index < -0.39 is 10.1 Å².